The van der Waals surface area contributed by atoms with Crippen LogP contribution in [0.4, 0.5) is 0 Å². The summed E-state index contributed by atoms with van der Waals surface area (Å²) in [5.74, 6) is -0.810. The van der Waals surface area contributed by atoms with E-state index in [9.17, 15) is 13.2 Å². The summed E-state index contributed by atoms with van der Waals surface area (Å²) < 4.78 is 28.8. The van der Waals surface area contributed by atoms with Crippen LogP contribution in [-0.4, -0.2) is 71.7 Å². The lowest BCUT2D eigenvalue weighted by Gasteiger charge is -2.19. The first kappa shape index (κ1) is 25.7. The standard InChI is InChI=1S/C7H13NO4S.C7H18O3P/c1-6(2)7(9)8-4-3-5-13(10,11)12;1-2-3-4-11(5-8,6-9)7-10/h1,3-5H2,2H3,(H2,8,9,10,11,12);8-10H,2-7H2,1H3/q;+1/p-1. The van der Waals surface area contributed by atoms with Crippen molar-refractivity contribution >= 4 is 23.3 Å². The molecule has 0 heterocycles. The van der Waals surface area contributed by atoms with Crippen molar-refractivity contribution in [2.24, 2.45) is 0 Å². The lowest BCUT2D eigenvalue weighted by molar-refractivity contribution is -0.112. The van der Waals surface area contributed by atoms with Gasteiger partial charge in [-0.05, 0) is 18.9 Å². The van der Waals surface area contributed by atoms with Crippen molar-refractivity contribution in [2.45, 2.75) is 33.1 Å². The molecule has 0 rings (SSSR count). The van der Waals surface area contributed by atoms with Gasteiger partial charge in [0.15, 0.2) is 19.0 Å². The Labute approximate surface area is 145 Å². The topological polar surface area (TPSA) is 146 Å². The van der Waals surface area contributed by atoms with Gasteiger partial charge < -0.3 is 25.4 Å². The highest BCUT2D eigenvalue weighted by Gasteiger charge is 2.34. The second kappa shape index (κ2) is 13.7. The van der Waals surface area contributed by atoms with E-state index in [2.05, 4.69) is 18.8 Å². The molecule has 0 saturated carbocycles. The minimum Gasteiger partial charge on any atom is -0.649 e. The highest BCUT2D eigenvalue weighted by atomic mass is 32.2. The molecule has 4 N–H and O–H groups in total. The van der Waals surface area contributed by atoms with Crippen LogP contribution in [-0.2, 0) is 14.9 Å². The SMILES string of the molecule is C=C(C)C(=O)[N-]CCCS(=O)(=O)O.CCCC[P+](CO)(CO)CO. The van der Waals surface area contributed by atoms with Crippen molar-refractivity contribution in [3.8, 4) is 0 Å². The van der Waals surface area contributed by atoms with E-state index < -0.39 is 23.3 Å². The van der Waals surface area contributed by atoms with E-state index in [0.717, 1.165) is 19.0 Å². The smallest absolute Gasteiger partial charge is 0.264 e. The molecular formula is C14H30NO7PS. The van der Waals surface area contributed by atoms with E-state index in [-0.39, 0.29) is 37.8 Å². The molecule has 0 unspecified atom stereocenters. The predicted octanol–water partition coefficient (Wildman–Crippen LogP) is 1.39. The van der Waals surface area contributed by atoms with Crippen LogP contribution in [0, 0.1) is 0 Å². The summed E-state index contributed by atoms with van der Waals surface area (Å²) in [5.41, 5.74) is 0.312. The van der Waals surface area contributed by atoms with Gasteiger partial charge in [0, 0.05) is 0 Å². The first-order chi connectivity index (χ1) is 11.1. The first-order valence-corrected chi connectivity index (χ1v) is 11.7. The average molecular weight is 387 g/mol. The second-order valence-electron chi connectivity index (χ2n) is 5.45. The van der Waals surface area contributed by atoms with E-state index in [4.69, 9.17) is 19.9 Å². The maximum atomic E-state index is 10.8. The molecular weight excluding hydrogens is 357 g/mol. The lowest BCUT2D eigenvalue weighted by Crippen LogP contribution is -2.11. The minimum absolute atomic E-state index is 0.0278. The van der Waals surface area contributed by atoms with Crippen LogP contribution in [0.2, 0.25) is 0 Å². The lowest BCUT2D eigenvalue weighted by atomic mass is 10.3. The third kappa shape index (κ3) is 13.8. The summed E-state index contributed by atoms with van der Waals surface area (Å²) >= 11 is 0. The van der Waals surface area contributed by atoms with Crippen LogP contribution in [0.1, 0.15) is 33.1 Å². The first-order valence-electron chi connectivity index (χ1n) is 7.57. The van der Waals surface area contributed by atoms with E-state index in [0.29, 0.717) is 5.57 Å². The maximum absolute atomic E-state index is 10.8. The normalized spacial score (nSPS) is 11.4. The zero-order chi connectivity index (χ0) is 19.2. The van der Waals surface area contributed by atoms with Crippen LogP contribution < -0.4 is 0 Å². The van der Waals surface area contributed by atoms with Gasteiger partial charge in [0.05, 0.1) is 25.1 Å². The Morgan fingerprint density at radius 1 is 1.12 bits per heavy atom. The molecule has 0 fully saturated rings. The van der Waals surface area contributed by atoms with Gasteiger partial charge in [0.2, 0.25) is 0 Å². The van der Waals surface area contributed by atoms with Crippen molar-refractivity contribution in [1.29, 1.82) is 0 Å². The zero-order valence-electron chi connectivity index (χ0n) is 14.4. The number of hydrogen-bond acceptors (Lipinski definition) is 6. The molecule has 0 spiro atoms. The van der Waals surface area contributed by atoms with E-state index in [1.807, 2.05) is 0 Å². The summed E-state index contributed by atoms with van der Waals surface area (Å²) in [6.07, 6.45) is 2.88. The van der Waals surface area contributed by atoms with Gasteiger partial charge in [0.1, 0.15) is 0 Å². The molecule has 144 valence electrons. The van der Waals surface area contributed by atoms with Crippen molar-refractivity contribution < 1.29 is 33.1 Å². The molecule has 1 amide bonds. The molecule has 0 aliphatic heterocycles. The summed E-state index contributed by atoms with van der Waals surface area (Å²) in [6.45, 7) is 7.04. The van der Waals surface area contributed by atoms with Crippen LogP contribution in [0.5, 0.6) is 0 Å². The molecule has 0 aromatic carbocycles. The fraction of sp³-hybridized carbons (Fsp3) is 0.786. The number of carbonyl (C=O) groups excluding carboxylic acids is 1. The minimum atomic E-state index is -3.94. The van der Waals surface area contributed by atoms with Crippen LogP contribution in [0.25, 0.3) is 5.32 Å². The Morgan fingerprint density at radius 3 is 1.96 bits per heavy atom. The van der Waals surface area contributed by atoms with Gasteiger partial charge in [-0.3, -0.25) is 4.55 Å². The Morgan fingerprint density at radius 2 is 1.62 bits per heavy atom. The van der Waals surface area contributed by atoms with Gasteiger partial charge >= 0.3 is 0 Å². The number of unbranched alkanes of at least 4 members (excludes halogenated alkanes) is 1. The third-order valence-corrected chi connectivity index (χ3v) is 6.94. The summed E-state index contributed by atoms with van der Waals surface area (Å²) in [4.78, 5) is 10.8. The van der Waals surface area contributed by atoms with Gasteiger partial charge in [-0.2, -0.15) is 8.42 Å². The fourth-order valence-electron chi connectivity index (χ4n) is 1.40. The van der Waals surface area contributed by atoms with Crippen molar-refractivity contribution in [3.63, 3.8) is 0 Å². The van der Waals surface area contributed by atoms with Gasteiger partial charge in [-0.15, -0.1) is 6.54 Å². The molecule has 8 nitrogen and oxygen atoms in total. The summed E-state index contributed by atoms with van der Waals surface area (Å²) in [5, 5.41) is 30.3. The van der Waals surface area contributed by atoms with E-state index in [1.54, 1.807) is 0 Å². The van der Waals surface area contributed by atoms with E-state index >= 15 is 0 Å². The van der Waals surface area contributed by atoms with Crippen molar-refractivity contribution in [2.75, 3.05) is 37.5 Å². The quantitative estimate of drug-likeness (QED) is 0.181. The molecule has 24 heavy (non-hydrogen) atoms. The maximum Gasteiger partial charge on any atom is 0.264 e. The van der Waals surface area contributed by atoms with Crippen molar-refractivity contribution in [3.05, 3.63) is 17.5 Å². The number of carbonyl (C=O) groups is 1. The average Bonchev–Trinajstić information content (AvgIpc) is 2.53. The second-order valence-corrected chi connectivity index (χ2v) is 11.0. The highest BCUT2D eigenvalue weighted by molar-refractivity contribution is 7.85. The molecule has 0 aromatic rings. The number of aliphatic hydroxyl groups excluding tert-OH is 3. The molecule has 0 atom stereocenters. The van der Waals surface area contributed by atoms with Gasteiger partial charge in [-0.25, -0.2) is 0 Å². The number of hydrogen-bond donors (Lipinski definition) is 4. The fourth-order valence-corrected chi connectivity index (χ4v) is 3.58. The third-order valence-electron chi connectivity index (χ3n) is 3.07. The van der Waals surface area contributed by atoms with Crippen LogP contribution >= 0.6 is 7.26 Å². The number of aliphatic hydroxyl groups is 3. The zero-order valence-corrected chi connectivity index (χ0v) is 16.1. The molecule has 0 saturated heterocycles. The van der Waals surface area contributed by atoms with Crippen LogP contribution in [0.15, 0.2) is 12.2 Å². The van der Waals surface area contributed by atoms with E-state index in [1.165, 1.54) is 6.92 Å². The summed E-state index contributed by atoms with van der Waals surface area (Å²) in [7, 11) is -5.72. The number of rotatable bonds is 11. The predicted molar refractivity (Wildman–Crippen MR) is 97.0 cm³/mol. The Hall–Kier alpha value is -0.570. The Kier molecular flexibility index (Phi) is 14.6. The highest BCUT2D eigenvalue weighted by Crippen LogP contribution is 2.56. The molecule has 0 aromatic heterocycles. The Balaban J connectivity index is 0. The number of amides is 1. The molecule has 0 aliphatic carbocycles. The van der Waals surface area contributed by atoms with Gasteiger partial charge in [-0.1, -0.05) is 26.3 Å². The molecule has 0 radical (unpaired) electrons. The largest absolute Gasteiger partial charge is 0.649 e. The van der Waals surface area contributed by atoms with Crippen LogP contribution in [0.3, 0.4) is 0 Å². The summed E-state index contributed by atoms with van der Waals surface area (Å²) in [6, 6.07) is 0. The Bertz CT molecular complexity index is 455. The molecule has 0 bridgehead atoms. The molecule has 10 heteroatoms. The number of nitrogens with zero attached hydrogens (tertiary/aromatic N) is 1. The van der Waals surface area contributed by atoms with Gasteiger partial charge in [0.25, 0.3) is 10.1 Å². The van der Waals surface area contributed by atoms with Crippen molar-refractivity contribution in [1.82, 2.24) is 0 Å². The molecule has 0 aliphatic rings. The monoisotopic (exact) mass is 387 g/mol.